The number of aliphatic hydroxyl groups excluding tert-OH is 1. The van der Waals surface area contributed by atoms with Gasteiger partial charge in [0.05, 0.1) is 0 Å². The molecule has 6 heteroatoms. The van der Waals surface area contributed by atoms with Crippen LogP contribution in [0.2, 0.25) is 0 Å². The summed E-state index contributed by atoms with van der Waals surface area (Å²) in [6, 6.07) is 0.265. The Morgan fingerprint density at radius 1 is 1.14 bits per heavy atom. The van der Waals surface area contributed by atoms with Crippen molar-refractivity contribution in [1.29, 1.82) is 0 Å². The third-order valence-electron chi connectivity index (χ3n) is 6.85. The van der Waals surface area contributed by atoms with Crippen molar-refractivity contribution in [3.63, 3.8) is 0 Å². The molecule has 1 saturated heterocycles. The lowest BCUT2D eigenvalue weighted by Crippen LogP contribution is -2.46. The molecule has 3 N–H and O–H groups in total. The molecule has 162 valence electrons. The summed E-state index contributed by atoms with van der Waals surface area (Å²) in [5, 5.41) is 16.3. The zero-order chi connectivity index (χ0) is 20.4. The van der Waals surface area contributed by atoms with E-state index in [-0.39, 0.29) is 24.0 Å². The van der Waals surface area contributed by atoms with Gasteiger partial charge < -0.3 is 20.6 Å². The molecule has 0 aromatic heterocycles. The van der Waals surface area contributed by atoms with Crippen molar-refractivity contribution in [2.24, 2.45) is 16.3 Å². The molecule has 28 heavy (non-hydrogen) atoms. The lowest BCUT2D eigenvalue weighted by atomic mass is 9.79. The van der Waals surface area contributed by atoms with Crippen molar-refractivity contribution in [2.45, 2.75) is 84.6 Å². The number of amides is 1. The molecule has 2 fully saturated rings. The normalized spacial score (nSPS) is 21.8. The molecule has 1 heterocycles. The number of nitrogens with one attached hydrogen (secondary N) is 2. The Hall–Kier alpha value is -1.30. The SMILES string of the molecule is CCNC(=NCC(CC)(CC)CCO)NC1CCN(C(=O)C2CCCCC2)C1. The van der Waals surface area contributed by atoms with E-state index < -0.39 is 0 Å². The minimum absolute atomic E-state index is 0.0652. The van der Waals surface area contributed by atoms with Crippen LogP contribution in [0.3, 0.4) is 0 Å². The lowest BCUT2D eigenvalue weighted by Gasteiger charge is -2.30. The van der Waals surface area contributed by atoms with Gasteiger partial charge in [0, 0.05) is 44.7 Å². The van der Waals surface area contributed by atoms with Crippen molar-refractivity contribution < 1.29 is 9.90 Å². The van der Waals surface area contributed by atoms with Crippen molar-refractivity contribution >= 4 is 11.9 Å². The summed E-state index contributed by atoms with van der Waals surface area (Å²) < 4.78 is 0. The highest BCUT2D eigenvalue weighted by Crippen LogP contribution is 2.30. The number of carbonyl (C=O) groups excluding carboxylic acids is 1. The number of aliphatic hydroxyl groups is 1. The molecule has 2 aliphatic rings. The summed E-state index contributed by atoms with van der Waals surface area (Å²) in [7, 11) is 0. The second kappa shape index (κ2) is 11.6. The van der Waals surface area contributed by atoms with Crippen LogP contribution in [-0.4, -0.2) is 60.7 Å². The number of aliphatic imine (C=N–C) groups is 1. The minimum Gasteiger partial charge on any atom is -0.396 e. The first-order valence-electron chi connectivity index (χ1n) is 11.5. The summed E-state index contributed by atoms with van der Waals surface area (Å²) in [5.41, 5.74) is 0.0652. The Morgan fingerprint density at radius 2 is 1.86 bits per heavy atom. The van der Waals surface area contributed by atoms with Crippen LogP contribution >= 0.6 is 0 Å². The van der Waals surface area contributed by atoms with Crippen LogP contribution < -0.4 is 10.6 Å². The number of likely N-dealkylation sites (tertiary alicyclic amines) is 1. The molecule has 0 spiro atoms. The second-order valence-corrected chi connectivity index (χ2v) is 8.63. The maximum absolute atomic E-state index is 12.8. The molecule has 6 nitrogen and oxygen atoms in total. The Balaban J connectivity index is 1.92. The molecule has 0 aromatic carbocycles. The number of carbonyl (C=O) groups is 1. The van der Waals surface area contributed by atoms with Gasteiger partial charge in [0.15, 0.2) is 5.96 Å². The quantitative estimate of drug-likeness (QED) is 0.415. The third-order valence-corrected chi connectivity index (χ3v) is 6.85. The van der Waals surface area contributed by atoms with Crippen LogP contribution in [0.25, 0.3) is 0 Å². The van der Waals surface area contributed by atoms with Gasteiger partial charge >= 0.3 is 0 Å². The molecule has 0 aromatic rings. The minimum atomic E-state index is 0.0652. The molecule has 1 amide bonds. The van der Waals surface area contributed by atoms with E-state index in [1.807, 2.05) is 0 Å². The summed E-state index contributed by atoms with van der Waals surface area (Å²) >= 11 is 0. The molecule has 0 radical (unpaired) electrons. The van der Waals surface area contributed by atoms with Gasteiger partial charge in [-0.25, -0.2) is 0 Å². The van der Waals surface area contributed by atoms with E-state index in [2.05, 4.69) is 36.3 Å². The molecule has 0 bridgehead atoms. The Labute approximate surface area is 171 Å². The highest BCUT2D eigenvalue weighted by molar-refractivity contribution is 5.81. The summed E-state index contributed by atoms with van der Waals surface area (Å²) in [5.74, 6) is 1.45. The fourth-order valence-electron chi connectivity index (χ4n) is 4.59. The zero-order valence-electron chi connectivity index (χ0n) is 18.3. The first-order chi connectivity index (χ1) is 13.6. The largest absolute Gasteiger partial charge is 0.396 e. The molecular weight excluding hydrogens is 352 g/mol. The number of hydrogen-bond acceptors (Lipinski definition) is 3. The van der Waals surface area contributed by atoms with Crippen LogP contribution in [0.5, 0.6) is 0 Å². The molecule has 1 saturated carbocycles. The van der Waals surface area contributed by atoms with E-state index in [4.69, 9.17) is 4.99 Å². The summed E-state index contributed by atoms with van der Waals surface area (Å²) in [6.45, 7) is 9.81. The van der Waals surface area contributed by atoms with Crippen molar-refractivity contribution in [3.05, 3.63) is 0 Å². The number of rotatable bonds is 9. The monoisotopic (exact) mass is 394 g/mol. The topological polar surface area (TPSA) is 77.0 Å². The van der Waals surface area contributed by atoms with Crippen LogP contribution in [-0.2, 0) is 4.79 Å². The first-order valence-corrected chi connectivity index (χ1v) is 11.5. The average molecular weight is 395 g/mol. The van der Waals surface area contributed by atoms with E-state index in [1.165, 1.54) is 19.3 Å². The number of nitrogens with zero attached hydrogens (tertiary/aromatic N) is 2. The fourth-order valence-corrected chi connectivity index (χ4v) is 4.59. The lowest BCUT2D eigenvalue weighted by molar-refractivity contribution is -0.135. The van der Waals surface area contributed by atoms with Crippen LogP contribution in [0, 0.1) is 11.3 Å². The molecule has 1 aliphatic heterocycles. The van der Waals surface area contributed by atoms with Gasteiger partial charge in [-0.3, -0.25) is 9.79 Å². The highest BCUT2D eigenvalue weighted by atomic mass is 16.3. The summed E-state index contributed by atoms with van der Waals surface area (Å²) in [6.07, 6.45) is 9.62. The predicted octanol–water partition coefficient (Wildman–Crippen LogP) is 2.91. The Kier molecular flexibility index (Phi) is 9.56. The first kappa shape index (κ1) is 23.0. The van der Waals surface area contributed by atoms with Crippen LogP contribution in [0.1, 0.15) is 78.6 Å². The third kappa shape index (κ3) is 6.36. The van der Waals surface area contributed by atoms with E-state index in [9.17, 15) is 9.90 Å². The van der Waals surface area contributed by atoms with Gasteiger partial charge in [0.2, 0.25) is 5.91 Å². The van der Waals surface area contributed by atoms with Gasteiger partial charge in [-0.1, -0.05) is 33.1 Å². The maximum atomic E-state index is 12.8. The molecule has 2 rings (SSSR count). The van der Waals surface area contributed by atoms with Crippen molar-refractivity contribution in [3.8, 4) is 0 Å². The van der Waals surface area contributed by atoms with Crippen LogP contribution in [0.15, 0.2) is 4.99 Å². The molecule has 1 unspecified atom stereocenters. The van der Waals surface area contributed by atoms with Crippen molar-refractivity contribution in [1.82, 2.24) is 15.5 Å². The van der Waals surface area contributed by atoms with Gasteiger partial charge in [-0.15, -0.1) is 0 Å². The maximum Gasteiger partial charge on any atom is 0.225 e. The van der Waals surface area contributed by atoms with Gasteiger partial charge in [-0.2, -0.15) is 0 Å². The highest BCUT2D eigenvalue weighted by Gasteiger charge is 2.32. The number of guanidine groups is 1. The predicted molar refractivity (Wildman–Crippen MR) is 115 cm³/mol. The fraction of sp³-hybridized carbons (Fsp3) is 0.909. The van der Waals surface area contributed by atoms with Gasteiger partial charge in [-0.05, 0) is 50.9 Å². The Morgan fingerprint density at radius 3 is 2.46 bits per heavy atom. The molecule has 1 aliphatic carbocycles. The summed E-state index contributed by atoms with van der Waals surface area (Å²) in [4.78, 5) is 19.7. The van der Waals surface area contributed by atoms with Gasteiger partial charge in [0.1, 0.15) is 0 Å². The van der Waals surface area contributed by atoms with E-state index in [0.29, 0.717) is 12.5 Å². The molecule has 1 atom stereocenters. The second-order valence-electron chi connectivity index (χ2n) is 8.63. The van der Waals surface area contributed by atoms with E-state index >= 15 is 0 Å². The van der Waals surface area contributed by atoms with E-state index in [0.717, 1.165) is 64.1 Å². The standard InChI is InChI=1S/C22H42N4O2/c1-4-22(5-2,13-15-27)17-24-21(23-6-3)25-19-12-14-26(16-19)20(28)18-10-8-7-9-11-18/h18-19,27H,4-17H2,1-3H3,(H2,23,24,25). The van der Waals surface area contributed by atoms with Gasteiger partial charge in [0.25, 0.3) is 0 Å². The van der Waals surface area contributed by atoms with Crippen LogP contribution in [0.4, 0.5) is 0 Å². The smallest absolute Gasteiger partial charge is 0.225 e. The van der Waals surface area contributed by atoms with Crippen molar-refractivity contribution in [2.75, 3.05) is 32.8 Å². The average Bonchev–Trinajstić information content (AvgIpc) is 3.20. The number of hydrogen-bond donors (Lipinski definition) is 3. The zero-order valence-corrected chi connectivity index (χ0v) is 18.3. The van der Waals surface area contributed by atoms with E-state index in [1.54, 1.807) is 0 Å². The Bertz CT molecular complexity index is 499. The molecular formula is C22H42N4O2.